The maximum Gasteiger partial charge on any atom is 0.434 e. The summed E-state index contributed by atoms with van der Waals surface area (Å²) in [7, 11) is 0. The number of nitrogens with one attached hydrogen (secondary N) is 2. The zero-order valence-electron chi connectivity index (χ0n) is 14.6. The molecule has 150 valence electrons. The monoisotopic (exact) mass is 507 g/mol. The quantitative estimate of drug-likeness (QED) is 0.337. The van der Waals surface area contributed by atoms with Gasteiger partial charge in [-0.25, -0.2) is 4.98 Å². The third kappa shape index (κ3) is 8.35. The Morgan fingerprint density at radius 2 is 2.08 bits per heavy atom. The van der Waals surface area contributed by atoms with Gasteiger partial charge in [0, 0.05) is 44.5 Å². The summed E-state index contributed by atoms with van der Waals surface area (Å²) in [6, 6.07) is 0. The zero-order chi connectivity index (χ0) is 18.1. The predicted molar refractivity (Wildman–Crippen MR) is 107 cm³/mol. The molecule has 2 N–H and O–H groups in total. The molecule has 1 aliphatic rings. The Bertz CT molecular complexity index is 550. The maximum absolute atomic E-state index is 12.5. The van der Waals surface area contributed by atoms with Crippen molar-refractivity contribution >= 4 is 41.3 Å². The normalized spacial score (nSPS) is 16.2. The molecule has 0 aliphatic carbocycles. The summed E-state index contributed by atoms with van der Waals surface area (Å²) in [5, 5.41) is 7.79. The van der Waals surface area contributed by atoms with Crippen molar-refractivity contribution in [3.63, 3.8) is 0 Å². The van der Waals surface area contributed by atoms with Crippen molar-refractivity contribution in [3.05, 3.63) is 16.1 Å². The first-order valence-corrected chi connectivity index (χ1v) is 9.21. The van der Waals surface area contributed by atoms with Crippen LogP contribution in [0.2, 0.25) is 0 Å². The van der Waals surface area contributed by atoms with Gasteiger partial charge >= 0.3 is 6.18 Å². The van der Waals surface area contributed by atoms with Crippen LogP contribution in [0.25, 0.3) is 0 Å². The SMILES string of the molecule is CCNC(=NCCN1CCOCC1)NCCc1nc(C(F)(F)F)cs1.I. The summed E-state index contributed by atoms with van der Waals surface area (Å²) in [6.45, 7) is 8.05. The minimum absolute atomic E-state index is 0. The molecule has 1 saturated heterocycles. The van der Waals surface area contributed by atoms with Gasteiger partial charge in [-0.2, -0.15) is 13.2 Å². The van der Waals surface area contributed by atoms with Crippen molar-refractivity contribution in [1.82, 2.24) is 20.5 Å². The van der Waals surface area contributed by atoms with Gasteiger partial charge in [-0.1, -0.05) is 0 Å². The highest BCUT2D eigenvalue weighted by molar-refractivity contribution is 14.0. The van der Waals surface area contributed by atoms with Crippen LogP contribution in [0.3, 0.4) is 0 Å². The molecule has 1 aliphatic heterocycles. The molecule has 0 spiro atoms. The standard InChI is InChI=1S/C15H24F3N5OS.HI/c1-2-19-14(21-5-6-23-7-9-24-10-8-23)20-4-3-13-22-12(11-25-13)15(16,17)18;/h11H,2-10H2,1H3,(H2,19,20,21);1H. The lowest BCUT2D eigenvalue weighted by Crippen LogP contribution is -2.40. The Kier molecular flexibility index (Phi) is 10.7. The zero-order valence-corrected chi connectivity index (χ0v) is 17.8. The molecular weight excluding hydrogens is 482 g/mol. The fourth-order valence-corrected chi connectivity index (χ4v) is 3.12. The summed E-state index contributed by atoms with van der Waals surface area (Å²) >= 11 is 1.03. The van der Waals surface area contributed by atoms with Gasteiger partial charge < -0.3 is 15.4 Å². The van der Waals surface area contributed by atoms with E-state index in [1.165, 1.54) is 0 Å². The molecule has 1 aromatic heterocycles. The lowest BCUT2D eigenvalue weighted by atomic mass is 10.4. The van der Waals surface area contributed by atoms with Gasteiger partial charge in [-0.05, 0) is 6.92 Å². The summed E-state index contributed by atoms with van der Waals surface area (Å²) in [5.41, 5.74) is -0.821. The first kappa shape index (κ1) is 23.4. The second-order valence-electron chi connectivity index (χ2n) is 5.52. The van der Waals surface area contributed by atoms with E-state index in [2.05, 4.69) is 25.5 Å². The van der Waals surface area contributed by atoms with Gasteiger partial charge in [0.05, 0.1) is 24.8 Å². The van der Waals surface area contributed by atoms with E-state index < -0.39 is 11.9 Å². The maximum atomic E-state index is 12.5. The Hall–Kier alpha value is -0.660. The van der Waals surface area contributed by atoms with Crippen LogP contribution in [0.4, 0.5) is 13.2 Å². The third-order valence-electron chi connectivity index (χ3n) is 3.61. The van der Waals surface area contributed by atoms with Crippen molar-refractivity contribution in [2.45, 2.75) is 19.5 Å². The van der Waals surface area contributed by atoms with Crippen LogP contribution < -0.4 is 10.6 Å². The smallest absolute Gasteiger partial charge is 0.379 e. The van der Waals surface area contributed by atoms with Gasteiger partial charge in [0.1, 0.15) is 0 Å². The van der Waals surface area contributed by atoms with E-state index in [1.807, 2.05) is 6.92 Å². The Morgan fingerprint density at radius 3 is 2.69 bits per heavy atom. The second-order valence-corrected chi connectivity index (χ2v) is 6.46. The van der Waals surface area contributed by atoms with Crippen LogP contribution in [0.1, 0.15) is 17.6 Å². The van der Waals surface area contributed by atoms with Crippen LogP contribution in [-0.4, -0.2) is 68.3 Å². The number of ether oxygens (including phenoxy) is 1. The number of nitrogens with zero attached hydrogens (tertiary/aromatic N) is 3. The minimum atomic E-state index is -4.38. The highest BCUT2D eigenvalue weighted by Crippen LogP contribution is 2.29. The molecule has 0 bridgehead atoms. The molecule has 0 unspecified atom stereocenters. The minimum Gasteiger partial charge on any atom is -0.379 e. The molecule has 6 nitrogen and oxygen atoms in total. The van der Waals surface area contributed by atoms with Gasteiger partial charge in [0.2, 0.25) is 0 Å². The Morgan fingerprint density at radius 1 is 1.35 bits per heavy atom. The summed E-state index contributed by atoms with van der Waals surface area (Å²) in [4.78, 5) is 10.4. The highest BCUT2D eigenvalue weighted by Gasteiger charge is 2.33. The molecule has 1 fully saturated rings. The molecule has 2 rings (SSSR count). The number of aliphatic imine (C=N–C) groups is 1. The average molecular weight is 507 g/mol. The first-order valence-electron chi connectivity index (χ1n) is 8.33. The topological polar surface area (TPSA) is 61.8 Å². The van der Waals surface area contributed by atoms with E-state index >= 15 is 0 Å². The number of rotatable bonds is 7. The second kappa shape index (κ2) is 11.9. The fraction of sp³-hybridized carbons (Fsp3) is 0.733. The van der Waals surface area contributed by atoms with E-state index in [9.17, 15) is 13.2 Å². The largest absolute Gasteiger partial charge is 0.434 e. The van der Waals surface area contributed by atoms with Gasteiger partial charge in [-0.3, -0.25) is 9.89 Å². The Balaban J connectivity index is 0.00000338. The number of halogens is 4. The van der Waals surface area contributed by atoms with Crippen LogP contribution >= 0.6 is 35.3 Å². The molecule has 26 heavy (non-hydrogen) atoms. The molecule has 0 saturated carbocycles. The van der Waals surface area contributed by atoms with E-state index in [0.29, 0.717) is 30.5 Å². The first-order chi connectivity index (χ1) is 12.0. The molecule has 0 aromatic carbocycles. The van der Waals surface area contributed by atoms with Crippen molar-refractivity contribution in [1.29, 1.82) is 0 Å². The number of morpholine rings is 1. The molecule has 0 atom stereocenters. The van der Waals surface area contributed by atoms with Crippen molar-refractivity contribution in [3.8, 4) is 0 Å². The van der Waals surface area contributed by atoms with Crippen molar-refractivity contribution in [2.75, 3.05) is 52.5 Å². The molecule has 1 aromatic rings. The summed E-state index contributed by atoms with van der Waals surface area (Å²) in [6.07, 6.45) is -3.95. The summed E-state index contributed by atoms with van der Waals surface area (Å²) < 4.78 is 42.9. The van der Waals surface area contributed by atoms with Crippen molar-refractivity contribution < 1.29 is 17.9 Å². The van der Waals surface area contributed by atoms with E-state index in [0.717, 1.165) is 56.1 Å². The average Bonchev–Trinajstić information content (AvgIpc) is 3.05. The van der Waals surface area contributed by atoms with Gasteiger partial charge in [0.15, 0.2) is 11.7 Å². The van der Waals surface area contributed by atoms with Crippen molar-refractivity contribution in [2.24, 2.45) is 4.99 Å². The van der Waals surface area contributed by atoms with E-state index in [4.69, 9.17) is 4.74 Å². The van der Waals surface area contributed by atoms with Crippen LogP contribution in [0, 0.1) is 0 Å². The number of hydrogen-bond acceptors (Lipinski definition) is 5. The van der Waals surface area contributed by atoms with Gasteiger partial charge in [0.25, 0.3) is 0 Å². The molecular formula is C15H25F3IN5OS. The summed E-state index contributed by atoms with van der Waals surface area (Å²) in [5.74, 6) is 0.670. The molecule has 0 amide bonds. The Labute approximate surface area is 172 Å². The lowest BCUT2D eigenvalue weighted by molar-refractivity contribution is -0.140. The van der Waals surface area contributed by atoms with Crippen LogP contribution in [0.15, 0.2) is 10.4 Å². The van der Waals surface area contributed by atoms with E-state index in [-0.39, 0.29) is 24.0 Å². The lowest BCUT2D eigenvalue weighted by Gasteiger charge is -2.25. The molecule has 0 radical (unpaired) electrons. The predicted octanol–water partition coefficient (Wildman–Crippen LogP) is 2.21. The van der Waals surface area contributed by atoms with E-state index in [1.54, 1.807) is 0 Å². The number of hydrogen-bond donors (Lipinski definition) is 2. The van der Waals surface area contributed by atoms with Crippen LogP contribution in [-0.2, 0) is 17.3 Å². The number of alkyl halides is 3. The van der Waals surface area contributed by atoms with Crippen LogP contribution in [0.5, 0.6) is 0 Å². The number of aromatic nitrogens is 1. The highest BCUT2D eigenvalue weighted by atomic mass is 127. The fourth-order valence-electron chi connectivity index (χ4n) is 2.31. The number of thiazole rings is 1. The molecule has 2 heterocycles. The molecule has 11 heteroatoms. The third-order valence-corrected chi connectivity index (χ3v) is 4.52. The van der Waals surface area contributed by atoms with Gasteiger partial charge in [-0.15, -0.1) is 35.3 Å². The number of guanidine groups is 1.